The molecule has 0 amide bonds. The standard InChI is InChI=1S/C29H24N2O3/c1-20(17-21-7-5-4-6-8-21)19-31-29-26(18-30)27(22-9-13-24(32-2)14-10-22)28(34-29)23-11-15-25(33-3)16-12-23/h4-17,19H,1-3H3. The van der Waals surface area contributed by atoms with Gasteiger partial charge in [0.25, 0.3) is 0 Å². The maximum atomic E-state index is 10.1. The third kappa shape index (κ3) is 4.92. The third-order valence-corrected chi connectivity index (χ3v) is 5.31. The van der Waals surface area contributed by atoms with Crippen LogP contribution in [0.1, 0.15) is 18.1 Å². The van der Waals surface area contributed by atoms with Gasteiger partial charge in [-0.2, -0.15) is 5.26 Å². The van der Waals surface area contributed by atoms with Crippen LogP contribution in [0.3, 0.4) is 0 Å². The van der Waals surface area contributed by atoms with E-state index in [2.05, 4.69) is 11.1 Å². The molecule has 3 aromatic carbocycles. The highest BCUT2D eigenvalue weighted by Gasteiger charge is 2.23. The first-order valence-corrected chi connectivity index (χ1v) is 10.8. The van der Waals surface area contributed by atoms with Crippen LogP contribution in [0.5, 0.6) is 11.5 Å². The second-order valence-electron chi connectivity index (χ2n) is 7.61. The number of benzene rings is 3. The smallest absolute Gasteiger partial charge is 0.238 e. The number of aliphatic imine (C=N–C) groups is 1. The van der Waals surface area contributed by atoms with Crippen LogP contribution in [0.15, 0.2) is 93.8 Å². The third-order valence-electron chi connectivity index (χ3n) is 5.31. The van der Waals surface area contributed by atoms with Gasteiger partial charge in [0.1, 0.15) is 28.9 Å². The summed E-state index contributed by atoms with van der Waals surface area (Å²) in [7, 11) is 3.24. The highest BCUT2D eigenvalue weighted by atomic mass is 16.5. The summed E-state index contributed by atoms with van der Waals surface area (Å²) in [5.74, 6) is 2.31. The number of hydrogen-bond acceptors (Lipinski definition) is 5. The SMILES string of the molecule is COc1ccc(-c2oc(N=CC(C)=Cc3ccccc3)c(C#N)c2-c2ccc(OC)cc2)cc1. The van der Waals surface area contributed by atoms with E-state index >= 15 is 0 Å². The van der Waals surface area contributed by atoms with Gasteiger partial charge in [0, 0.05) is 17.3 Å². The lowest BCUT2D eigenvalue weighted by atomic mass is 9.98. The van der Waals surface area contributed by atoms with Crippen molar-refractivity contribution in [3.05, 3.63) is 95.6 Å². The van der Waals surface area contributed by atoms with Crippen molar-refractivity contribution in [1.29, 1.82) is 5.26 Å². The Bertz CT molecular complexity index is 1360. The highest BCUT2D eigenvalue weighted by Crippen LogP contribution is 2.43. The second kappa shape index (κ2) is 10.4. The van der Waals surface area contributed by atoms with Crippen LogP contribution in [-0.2, 0) is 0 Å². The lowest BCUT2D eigenvalue weighted by molar-refractivity contribution is 0.414. The Labute approximate surface area is 199 Å². The van der Waals surface area contributed by atoms with E-state index in [0.29, 0.717) is 16.9 Å². The minimum Gasteiger partial charge on any atom is -0.497 e. The molecule has 0 radical (unpaired) electrons. The van der Waals surface area contributed by atoms with Crippen molar-refractivity contribution in [2.45, 2.75) is 6.92 Å². The summed E-state index contributed by atoms with van der Waals surface area (Å²) in [6, 6.07) is 27.3. The number of hydrogen-bond donors (Lipinski definition) is 0. The Morgan fingerprint density at radius 3 is 2.00 bits per heavy atom. The number of ether oxygens (including phenoxy) is 2. The Morgan fingerprint density at radius 1 is 0.853 bits per heavy atom. The second-order valence-corrected chi connectivity index (χ2v) is 7.61. The molecule has 0 bridgehead atoms. The molecule has 0 aliphatic heterocycles. The molecule has 1 aromatic heterocycles. The van der Waals surface area contributed by atoms with E-state index in [1.807, 2.05) is 91.9 Å². The first-order valence-electron chi connectivity index (χ1n) is 10.8. The van der Waals surface area contributed by atoms with Crippen molar-refractivity contribution in [2.75, 3.05) is 14.2 Å². The molecule has 0 unspecified atom stereocenters. The number of furan rings is 1. The van der Waals surface area contributed by atoms with Gasteiger partial charge < -0.3 is 13.9 Å². The number of nitriles is 1. The molecule has 168 valence electrons. The van der Waals surface area contributed by atoms with Gasteiger partial charge >= 0.3 is 0 Å². The molecule has 0 saturated carbocycles. The average Bonchev–Trinajstić information content (AvgIpc) is 3.26. The van der Waals surface area contributed by atoms with Crippen molar-refractivity contribution in [3.63, 3.8) is 0 Å². The van der Waals surface area contributed by atoms with E-state index in [4.69, 9.17) is 13.9 Å². The molecule has 0 fully saturated rings. The fourth-order valence-corrected chi connectivity index (χ4v) is 3.60. The van der Waals surface area contributed by atoms with E-state index in [9.17, 15) is 5.26 Å². The minimum atomic E-state index is 0.264. The van der Waals surface area contributed by atoms with Crippen LogP contribution in [-0.4, -0.2) is 20.4 Å². The highest BCUT2D eigenvalue weighted by molar-refractivity contribution is 5.91. The Kier molecular flexibility index (Phi) is 6.90. The maximum Gasteiger partial charge on any atom is 0.238 e. The molecule has 5 heteroatoms. The summed E-state index contributed by atoms with van der Waals surface area (Å²) in [5.41, 5.74) is 4.73. The van der Waals surface area contributed by atoms with E-state index < -0.39 is 0 Å². The quantitative estimate of drug-likeness (QED) is 0.278. The molecule has 5 nitrogen and oxygen atoms in total. The van der Waals surface area contributed by atoms with Gasteiger partial charge in [-0.25, -0.2) is 4.99 Å². The molecule has 0 spiro atoms. The zero-order chi connectivity index (χ0) is 23.9. The molecule has 4 aromatic rings. The van der Waals surface area contributed by atoms with Crippen molar-refractivity contribution >= 4 is 18.2 Å². The van der Waals surface area contributed by atoms with Gasteiger partial charge in [0.05, 0.1) is 14.2 Å². The summed E-state index contributed by atoms with van der Waals surface area (Å²) >= 11 is 0. The summed E-state index contributed by atoms with van der Waals surface area (Å²) in [6.07, 6.45) is 3.73. The molecule has 0 aliphatic rings. The van der Waals surface area contributed by atoms with Crippen LogP contribution in [0.4, 0.5) is 5.88 Å². The van der Waals surface area contributed by atoms with Gasteiger partial charge in [-0.05, 0) is 60.0 Å². The van der Waals surface area contributed by atoms with Crippen LogP contribution in [0.2, 0.25) is 0 Å². The minimum absolute atomic E-state index is 0.264. The molecule has 0 saturated heterocycles. The molecule has 1 heterocycles. The lowest BCUT2D eigenvalue weighted by Gasteiger charge is -2.06. The van der Waals surface area contributed by atoms with E-state index in [1.54, 1.807) is 20.4 Å². The molecule has 4 rings (SSSR count). The van der Waals surface area contributed by atoms with E-state index in [0.717, 1.165) is 33.8 Å². The van der Waals surface area contributed by atoms with E-state index in [1.165, 1.54) is 0 Å². The molecule has 0 aliphatic carbocycles. The first kappa shape index (κ1) is 22.6. The van der Waals surface area contributed by atoms with Crippen molar-refractivity contribution in [3.8, 4) is 40.0 Å². The maximum absolute atomic E-state index is 10.1. The predicted molar refractivity (Wildman–Crippen MR) is 136 cm³/mol. The van der Waals surface area contributed by atoms with Crippen molar-refractivity contribution in [2.24, 2.45) is 4.99 Å². The van der Waals surface area contributed by atoms with Gasteiger partial charge in [0.15, 0.2) is 0 Å². The summed E-state index contributed by atoms with van der Waals surface area (Å²) in [4.78, 5) is 4.54. The first-order chi connectivity index (χ1) is 16.6. The Morgan fingerprint density at radius 2 is 1.44 bits per heavy atom. The Balaban J connectivity index is 1.81. The lowest BCUT2D eigenvalue weighted by Crippen LogP contribution is -1.87. The monoisotopic (exact) mass is 448 g/mol. The van der Waals surface area contributed by atoms with Crippen LogP contribution >= 0.6 is 0 Å². The molecule has 0 N–H and O–H groups in total. The predicted octanol–water partition coefficient (Wildman–Crippen LogP) is 7.31. The summed E-state index contributed by atoms with van der Waals surface area (Å²) in [6.45, 7) is 1.96. The van der Waals surface area contributed by atoms with Gasteiger partial charge in [-0.1, -0.05) is 48.5 Å². The summed E-state index contributed by atoms with van der Waals surface area (Å²) in [5, 5.41) is 10.1. The number of nitrogens with zero attached hydrogens (tertiary/aromatic N) is 2. The van der Waals surface area contributed by atoms with Crippen LogP contribution < -0.4 is 9.47 Å². The largest absolute Gasteiger partial charge is 0.497 e. The topological polar surface area (TPSA) is 67.8 Å². The Hall–Kier alpha value is -4.56. The number of allylic oxidation sites excluding steroid dienone is 1. The molecular weight excluding hydrogens is 424 g/mol. The number of rotatable bonds is 7. The average molecular weight is 449 g/mol. The summed E-state index contributed by atoms with van der Waals surface area (Å²) < 4.78 is 16.8. The van der Waals surface area contributed by atoms with Gasteiger partial charge in [-0.3, -0.25) is 0 Å². The van der Waals surface area contributed by atoms with Gasteiger partial charge in [0.2, 0.25) is 5.88 Å². The van der Waals surface area contributed by atoms with Crippen molar-refractivity contribution in [1.82, 2.24) is 0 Å². The van der Waals surface area contributed by atoms with Crippen molar-refractivity contribution < 1.29 is 13.9 Å². The van der Waals surface area contributed by atoms with Gasteiger partial charge in [-0.15, -0.1) is 0 Å². The number of methoxy groups -OCH3 is 2. The normalized spacial score (nSPS) is 11.4. The zero-order valence-electron chi connectivity index (χ0n) is 19.3. The molecule has 34 heavy (non-hydrogen) atoms. The van der Waals surface area contributed by atoms with E-state index in [-0.39, 0.29) is 5.88 Å². The van der Waals surface area contributed by atoms with Crippen LogP contribution in [0.25, 0.3) is 28.5 Å². The fourth-order valence-electron chi connectivity index (χ4n) is 3.60. The molecule has 0 atom stereocenters. The van der Waals surface area contributed by atoms with Crippen LogP contribution in [0, 0.1) is 11.3 Å². The molecular formula is C29H24N2O3. The fraction of sp³-hybridized carbons (Fsp3) is 0.103. The zero-order valence-corrected chi connectivity index (χ0v) is 19.3.